The Balaban J connectivity index is 1.56. The van der Waals surface area contributed by atoms with Gasteiger partial charge in [0.25, 0.3) is 0 Å². The average molecular weight is 326 g/mol. The molecule has 3 rings (SSSR count). The minimum atomic E-state index is -0.804. The lowest BCUT2D eigenvalue weighted by molar-refractivity contribution is 0.174. The van der Waals surface area contributed by atoms with E-state index in [1.807, 2.05) is 24.3 Å². The van der Waals surface area contributed by atoms with Crippen LogP contribution in [0, 0.1) is 0 Å². The van der Waals surface area contributed by atoms with Gasteiger partial charge in [-0.2, -0.15) is 0 Å². The number of fused-ring (bicyclic) bond motifs is 1. The van der Waals surface area contributed by atoms with Crippen LogP contribution in [0.25, 0.3) is 11.0 Å². The standard InChI is InChI=1S/C17H18N4O3/c1-24-13-8-6-12(7-9-13)16(22)10-18-17(23)20-21-11-19-14-4-2-3-5-15(14)21/h2-9,11,16,22H,10H2,1H3,(H2,18,20,23). The molecule has 0 saturated carbocycles. The van der Waals surface area contributed by atoms with Gasteiger partial charge < -0.3 is 15.2 Å². The molecule has 7 nitrogen and oxygen atoms in total. The fourth-order valence-corrected chi connectivity index (χ4v) is 2.33. The zero-order valence-electron chi connectivity index (χ0n) is 13.1. The molecule has 0 radical (unpaired) electrons. The van der Waals surface area contributed by atoms with Crippen LogP contribution in [0.1, 0.15) is 11.7 Å². The van der Waals surface area contributed by atoms with Crippen molar-refractivity contribution in [2.75, 3.05) is 19.1 Å². The van der Waals surface area contributed by atoms with E-state index in [4.69, 9.17) is 4.74 Å². The Morgan fingerprint density at radius 3 is 2.75 bits per heavy atom. The third kappa shape index (κ3) is 3.47. The minimum Gasteiger partial charge on any atom is -0.497 e. The zero-order valence-corrected chi connectivity index (χ0v) is 13.1. The number of ether oxygens (including phenoxy) is 1. The largest absolute Gasteiger partial charge is 0.497 e. The molecule has 7 heteroatoms. The normalized spacial score (nSPS) is 11.9. The summed E-state index contributed by atoms with van der Waals surface area (Å²) in [5.74, 6) is 0.712. The van der Waals surface area contributed by atoms with E-state index in [9.17, 15) is 9.90 Å². The summed E-state index contributed by atoms with van der Waals surface area (Å²) in [6.07, 6.45) is 0.727. The topological polar surface area (TPSA) is 88.4 Å². The van der Waals surface area contributed by atoms with Gasteiger partial charge in [0, 0.05) is 6.54 Å². The van der Waals surface area contributed by atoms with Crippen molar-refractivity contribution >= 4 is 17.1 Å². The van der Waals surface area contributed by atoms with Crippen LogP contribution in [-0.2, 0) is 0 Å². The van der Waals surface area contributed by atoms with E-state index >= 15 is 0 Å². The molecule has 1 aromatic heterocycles. The van der Waals surface area contributed by atoms with Gasteiger partial charge in [-0.25, -0.2) is 19.9 Å². The van der Waals surface area contributed by atoms with E-state index in [2.05, 4.69) is 15.7 Å². The highest BCUT2D eigenvalue weighted by atomic mass is 16.5. The lowest BCUT2D eigenvalue weighted by Crippen LogP contribution is -2.36. The molecule has 3 aromatic rings. The predicted molar refractivity (Wildman–Crippen MR) is 90.4 cm³/mol. The molecule has 0 aliphatic carbocycles. The number of imidazole rings is 1. The summed E-state index contributed by atoms with van der Waals surface area (Å²) in [4.78, 5) is 16.2. The molecular formula is C17H18N4O3. The molecule has 2 aromatic carbocycles. The summed E-state index contributed by atoms with van der Waals surface area (Å²) < 4.78 is 6.60. The Morgan fingerprint density at radius 2 is 2.00 bits per heavy atom. The van der Waals surface area contributed by atoms with Crippen molar-refractivity contribution in [1.29, 1.82) is 0 Å². The summed E-state index contributed by atoms with van der Waals surface area (Å²) in [5.41, 5.74) is 4.94. The summed E-state index contributed by atoms with van der Waals surface area (Å²) in [6.45, 7) is 0.0881. The van der Waals surface area contributed by atoms with Gasteiger partial charge >= 0.3 is 6.03 Å². The molecule has 24 heavy (non-hydrogen) atoms. The number of methoxy groups -OCH3 is 1. The molecular weight excluding hydrogens is 308 g/mol. The lowest BCUT2D eigenvalue weighted by atomic mass is 10.1. The first kappa shape index (κ1) is 15.8. The molecule has 0 saturated heterocycles. The first-order chi connectivity index (χ1) is 11.7. The van der Waals surface area contributed by atoms with Gasteiger partial charge in [0.15, 0.2) is 0 Å². The van der Waals surface area contributed by atoms with Crippen molar-refractivity contribution in [3.8, 4) is 5.75 Å². The molecule has 0 aliphatic heterocycles. The SMILES string of the molecule is COc1ccc(C(O)CNC(=O)Nn2cnc3ccccc32)cc1. The van der Waals surface area contributed by atoms with Crippen LogP contribution in [0.5, 0.6) is 5.75 Å². The Kier molecular flexibility index (Phi) is 4.62. The fourth-order valence-electron chi connectivity index (χ4n) is 2.33. The van der Waals surface area contributed by atoms with Crippen molar-refractivity contribution in [2.24, 2.45) is 0 Å². The van der Waals surface area contributed by atoms with Crippen molar-refractivity contribution in [2.45, 2.75) is 6.10 Å². The van der Waals surface area contributed by atoms with E-state index in [1.165, 1.54) is 11.0 Å². The Labute approximate surface area is 138 Å². The monoisotopic (exact) mass is 326 g/mol. The number of benzene rings is 2. The molecule has 3 N–H and O–H groups in total. The summed E-state index contributed by atoms with van der Waals surface area (Å²) in [6, 6.07) is 14.1. The fraction of sp³-hybridized carbons (Fsp3) is 0.176. The minimum absolute atomic E-state index is 0.0881. The Hall–Kier alpha value is -3.06. The number of aromatic nitrogens is 2. The van der Waals surface area contributed by atoms with Gasteiger partial charge in [-0.05, 0) is 29.8 Å². The van der Waals surface area contributed by atoms with Crippen LogP contribution < -0.4 is 15.5 Å². The maximum atomic E-state index is 12.0. The molecule has 124 valence electrons. The quantitative estimate of drug-likeness (QED) is 0.669. The van der Waals surface area contributed by atoms with E-state index in [0.717, 1.165) is 11.0 Å². The second kappa shape index (κ2) is 7.01. The number of nitrogens with zero attached hydrogens (tertiary/aromatic N) is 2. The van der Waals surface area contributed by atoms with Crippen LogP contribution in [0.15, 0.2) is 54.9 Å². The van der Waals surface area contributed by atoms with Gasteiger partial charge in [-0.3, -0.25) is 0 Å². The summed E-state index contributed by atoms with van der Waals surface area (Å²) in [7, 11) is 1.58. The van der Waals surface area contributed by atoms with Crippen LogP contribution >= 0.6 is 0 Å². The molecule has 1 unspecified atom stereocenters. The van der Waals surface area contributed by atoms with Crippen molar-refractivity contribution in [1.82, 2.24) is 15.0 Å². The first-order valence-electron chi connectivity index (χ1n) is 7.46. The van der Waals surface area contributed by atoms with E-state index < -0.39 is 12.1 Å². The Bertz CT molecular complexity index is 829. The summed E-state index contributed by atoms with van der Waals surface area (Å²) >= 11 is 0. The molecule has 2 amide bonds. The summed E-state index contributed by atoms with van der Waals surface area (Å²) in [5, 5.41) is 12.8. The second-order valence-electron chi connectivity index (χ2n) is 5.21. The molecule has 1 heterocycles. The third-order valence-electron chi connectivity index (χ3n) is 3.63. The zero-order chi connectivity index (χ0) is 16.9. The van der Waals surface area contributed by atoms with Crippen molar-refractivity contribution < 1.29 is 14.6 Å². The number of aliphatic hydroxyl groups excluding tert-OH is 1. The number of amides is 2. The number of rotatable bonds is 5. The van der Waals surface area contributed by atoms with Crippen LogP contribution in [-0.4, -0.2) is 34.5 Å². The van der Waals surface area contributed by atoms with E-state index in [0.29, 0.717) is 11.3 Å². The number of aliphatic hydroxyl groups is 1. The van der Waals surface area contributed by atoms with Crippen LogP contribution in [0.4, 0.5) is 4.79 Å². The Morgan fingerprint density at radius 1 is 1.25 bits per heavy atom. The number of para-hydroxylation sites is 2. The highest BCUT2D eigenvalue weighted by Crippen LogP contribution is 2.17. The predicted octanol–water partition coefficient (Wildman–Crippen LogP) is 2.03. The lowest BCUT2D eigenvalue weighted by Gasteiger charge is -2.14. The van der Waals surface area contributed by atoms with Gasteiger partial charge in [-0.15, -0.1) is 0 Å². The maximum Gasteiger partial charge on any atom is 0.334 e. The van der Waals surface area contributed by atoms with Crippen molar-refractivity contribution in [3.05, 3.63) is 60.4 Å². The first-order valence-corrected chi connectivity index (χ1v) is 7.46. The van der Waals surface area contributed by atoms with Crippen molar-refractivity contribution in [3.63, 3.8) is 0 Å². The van der Waals surface area contributed by atoms with Crippen LogP contribution in [0.3, 0.4) is 0 Å². The number of carbonyl (C=O) groups is 1. The second-order valence-corrected chi connectivity index (χ2v) is 5.21. The van der Waals surface area contributed by atoms with E-state index in [1.54, 1.807) is 31.4 Å². The number of nitrogens with one attached hydrogen (secondary N) is 2. The molecule has 0 spiro atoms. The smallest absolute Gasteiger partial charge is 0.334 e. The number of urea groups is 1. The highest BCUT2D eigenvalue weighted by molar-refractivity contribution is 5.85. The third-order valence-corrected chi connectivity index (χ3v) is 3.63. The molecule has 0 fully saturated rings. The van der Waals surface area contributed by atoms with Gasteiger partial charge in [0.2, 0.25) is 0 Å². The highest BCUT2D eigenvalue weighted by Gasteiger charge is 2.10. The van der Waals surface area contributed by atoms with Gasteiger partial charge in [0.05, 0.1) is 24.2 Å². The molecule has 1 atom stereocenters. The van der Waals surface area contributed by atoms with E-state index in [-0.39, 0.29) is 6.54 Å². The molecule has 0 bridgehead atoms. The maximum absolute atomic E-state index is 12.0. The van der Waals surface area contributed by atoms with Crippen LogP contribution in [0.2, 0.25) is 0 Å². The number of hydrogen-bond acceptors (Lipinski definition) is 4. The molecule has 0 aliphatic rings. The van der Waals surface area contributed by atoms with Gasteiger partial charge in [-0.1, -0.05) is 24.3 Å². The number of carbonyl (C=O) groups excluding carboxylic acids is 1. The average Bonchev–Trinajstić information content (AvgIpc) is 3.03. The number of hydrogen-bond donors (Lipinski definition) is 3. The van der Waals surface area contributed by atoms with Gasteiger partial charge in [0.1, 0.15) is 12.1 Å².